The summed E-state index contributed by atoms with van der Waals surface area (Å²) in [6.07, 6.45) is 2.53. The second kappa shape index (κ2) is 6.05. The van der Waals surface area contributed by atoms with Crippen LogP contribution >= 0.6 is 0 Å². The minimum absolute atomic E-state index is 0.115. The van der Waals surface area contributed by atoms with E-state index in [4.69, 9.17) is 5.73 Å². The predicted molar refractivity (Wildman–Crippen MR) is 87.6 cm³/mol. The molecule has 3 nitrogen and oxygen atoms in total. The summed E-state index contributed by atoms with van der Waals surface area (Å²) in [5, 5.41) is 3.19. The molecule has 0 spiro atoms. The number of amides is 1. The van der Waals surface area contributed by atoms with Crippen LogP contribution in [0.2, 0.25) is 0 Å². The van der Waals surface area contributed by atoms with Crippen LogP contribution in [0.1, 0.15) is 81.6 Å². The van der Waals surface area contributed by atoms with Crippen molar-refractivity contribution < 1.29 is 4.79 Å². The molecule has 0 heterocycles. The van der Waals surface area contributed by atoms with Gasteiger partial charge in [-0.15, -0.1) is 0 Å². The van der Waals surface area contributed by atoms with Crippen molar-refractivity contribution in [3.8, 4) is 0 Å². The summed E-state index contributed by atoms with van der Waals surface area (Å²) in [6.45, 7) is 18.8. The van der Waals surface area contributed by atoms with Crippen LogP contribution < -0.4 is 11.1 Å². The number of hydrogen-bond donors (Lipinski definition) is 2. The molecule has 0 saturated carbocycles. The lowest BCUT2D eigenvalue weighted by atomic mass is 9.75. The molecule has 0 fully saturated rings. The zero-order valence-corrected chi connectivity index (χ0v) is 15.1. The van der Waals surface area contributed by atoms with Crippen LogP contribution in [-0.4, -0.2) is 17.0 Å². The summed E-state index contributed by atoms with van der Waals surface area (Å²) in [5.74, 6) is 0.115. The zero-order chi connectivity index (χ0) is 16.4. The first-order chi connectivity index (χ1) is 8.60. The van der Waals surface area contributed by atoms with Crippen molar-refractivity contribution in [3.05, 3.63) is 0 Å². The van der Waals surface area contributed by atoms with Gasteiger partial charge in [0.1, 0.15) is 0 Å². The molecule has 0 aromatic carbocycles. The molecule has 0 aliphatic rings. The Bertz CT molecular complexity index is 335. The Morgan fingerprint density at radius 1 is 0.950 bits per heavy atom. The normalized spacial score (nSPS) is 16.7. The van der Waals surface area contributed by atoms with Crippen LogP contribution in [0.15, 0.2) is 0 Å². The van der Waals surface area contributed by atoms with Crippen LogP contribution in [0.25, 0.3) is 0 Å². The largest absolute Gasteiger partial charge is 0.351 e. The number of hydrogen-bond acceptors (Lipinski definition) is 2. The van der Waals surface area contributed by atoms with Crippen molar-refractivity contribution in [1.29, 1.82) is 0 Å². The third-order valence-corrected chi connectivity index (χ3v) is 3.69. The molecule has 0 saturated heterocycles. The van der Waals surface area contributed by atoms with E-state index in [1.54, 1.807) is 0 Å². The van der Waals surface area contributed by atoms with E-state index >= 15 is 0 Å². The SMILES string of the molecule is CCC(C)(N)CC(C)(C)NC(=O)C(C)(C)CC(C)(C)C. The lowest BCUT2D eigenvalue weighted by Crippen LogP contribution is -2.54. The highest BCUT2D eigenvalue weighted by molar-refractivity contribution is 5.82. The minimum Gasteiger partial charge on any atom is -0.351 e. The van der Waals surface area contributed by atoms with Gasteiger partial charge in [0.15, 0.2) is 0 Å². The topological polar surface area (TPSA) is 55.1 Å². The Morgan fingerprint density at radius 2 is 1.40 bits per heavy atom. The molecule has 0 aliphatic carbocycles. The molecule has 0 aliphatic heterocycles. The summed E-state index contributed by atoms with van der Waals surface area (Å²) in [6, 6.07) is 0. The molecule has 3 N–H and O–H groups in total. The fourth-order valence-corrected chi connectivity index (χ4v) is 3.06. The summed E-state index contributed by atoms with van der Waals surface area (Å²) < 4.78 is 0. The maximum Gasteiger partial charge on any atom is 0.226 e. The molecule has 3 heteroatoms. The molecule has 0 bridgehead atoms. The number of rotatable bonds is 6. The molecular weight excluding hydrogens is 248 g/mol. The predicted octanol–water partition coefficient (Wildman–Crippen LogP) is 3.86. The van der Waals surface area contributed by atoms with Crippen molar-refractivity contribution in [2.24, 2.45) is 16.6 Å². The maximum absolute atomic E-state index is 12.6. The van der Waals surface area contributed by atoms with Gasteiger partial charge in [0.2, 0.25) is 5.91 Å². The zero-order valence-electron chi connectivity index (χ0n) is 15.1. The third-order valence-electron chi connectivity index (χ3n) is 3.69. The van der Waals surface area contributed by atoms with Gasteiger partial charge < -0.3 is 11.1 Å². The van der Waals surface area contributed by atoms with Crippen LogP contribution in [0.4, 0.5) is 0 Å². The maximum atomic E-state index is 12.6. The van der Waals surface area contributed by atoms with E-state index in [-0.39, 0.29) is 27.8 Å². The first-order valence-corrected chi connectivity index (χ1v) is 7.72. The molecule has 0 aromatic rings. The van der Waals surface area contributed by atoms with Gasteiger partial charge in [-0.05, 0) is 45.4 Å². The first-order valence-electron chi connectivity index (χ1n) is 7.72. The van der Waals surface area contributed by atoms with Crippen LogP contribution in [0.5, 0.6) is 0 Å². The number of carbonyl (C=O) groups excluding carboxylic acids is 1. The Balaban J connectivity index is 4.81. The van der Waals surface area contributed by atoms with Gasteiger partial charge in [-0.2, -0.15) is 0 Å². The molecule has 1 amide bonds. The second-order valence-corrected chi connectivity index (χ2v) is 9.14. The van der Waals surface area contributed by atoms with Gasteiger partial charge in [0, 0.05) is 16.5 Å². The summed E-state index contributed by atoms with van der Waals surface area (Å²) in [5.41, 5.74) is 5.47. The van der Waals surface area contributed by atoms with E-state index in [1.165, 1.54) is 0 Å². The van der Waals surface area contributed by atoms with Gasteiger partial charge in [0.25, 0.3) is 0 Å². The van der Waals surface area contributed by atoms with Gasteiger partial charge in [-0.1, -0.05) is 41.5 Å². The van der Waals surface area contributed by atoms with Gasteiger partial charge in [-0.25, -0.2) is 0 Å². The molecule has 20 heavy (non-hydrogen) atoms. The highest BCUT2D eigenvalue weighted by Gasteiger charge is 2.36. The first kappa shape index (κ1) is 19.4. The smallest absolute Gasteiger partial charge is 0.226 e. The van der Waals surface area contributed by atoms with E-state index in [0.29, 0.717) is 0 Å². The molecule has 120 valence electrons. The van der Waals surface area contributed by atoms with Crippen molar-refractivity contribution in [2.75, 3.05) is 0 Å². The minimum atomic E-state index is -0.368. The highest BCUT2D eigenvalue weighted by Crippen LogP contribution is 2.34. The second-order valence-electron chi connectivity index (χ2n) is 9.14. The standard InChI is InChI=1S/C17H36N2O/c1-10-17(9,18)12-16(7,8)19-13(20)15(5,6)11-14(2,3)4/h10-12,18H2,1-9H3,(H,19,20). The fraction of sp³-hybridized carbons (Fsp3) is 0.941. The Morgan fingerprint density at radius 3 is 1.75 bits per heavy atom. The number of nitrogens with two attached hydrogens (primary N) is 1. The summed E-state index contributed by atoms with van der Waals surface area (Å²) in [7, 11) is 0. The van der Waals surface area contributed by atoms with E-state index in [2.05, 4.69) is 46.9 Å². The number of carbonyl (C=O) groups is 1. The quantitative estimate of drug-likeness (QED) is 0.778. The Kier molecular flexibility index (Phi) is 5.87. The molecule has 0 radical (unpaired) electrons. The summed E-state index contributed by atoms with van der Waals surface area (Å²) in [4.78, 5) is 12.6. The van der Waals surface area contributed by atoms with Crippen molar-refractivity contribution >= 4 is 5.91 Å². The van der Waals surface area contributed by atoms with Crippen molar-refractivity contribution in [2.45, 2.75) is 92.7 Å². The Hall–Kier alpha value is -0.570. The van der Waals surface area contributed by atoms with Crippen molar-refractivity contribution in [3.63, 3.8) is 0 Å². The monoisotopic (exact) mass is 284 g/mol. The Labute approximate surface area is 126 Å². The van der Waals surface area contributed by atoms with E-state index in [9.17, 15) is 4.79 Å². The lowest BCUT2D eigenvalue weighted by molar-refractivity contribution is -0.132. The van der Waals surface area contributed by atoms with E-state index in [1.807, 2.05) is 20.8 Å². The van der Waals surface area contributed by atoms with Crippen LogP contribution in [0, 0.1) is 10.8 Å². The van der Waals surface area contributed by atoms with Crippen LogP contribution in [-0.2, 0) is 4.79 Å². The third kappa shape index (κ3) is 7.28. The van der Waals surface area contributed by atoms with E-state index in [0.717, 1.165) is 19.3 Å². The fourth-order valence-electron chi connectivity index (χ4n) is 3.06. The molecular formula is C17H36N2O. The average molecular weight is 284 g/mol. The van der Waals surface area contributed by atoms with Gasteiger partial charge in [0.05, 0.1) is 0 Å². The summed E-state index contributed by atoms with van der Waals surface area (Å²) >= 11 is 0. The lowest BCUT2D eigenvalue weighted by Gasteiger charge is -2.39. The van der Waals surface area contributed by atoms with Crippen molar-refractivity contribution in [1.82, 2.24) is 5.32 Å². The molecule has 1 atom stereocenters. The average Bonchev–Trinajstić information content (AvgIpc) is 2.11. The molecule has 1 unspecified atom stereocenters. The van der Waals surface area contributed by atoms with Gasteiger partial charge >= 0.3 is 0 Å². The van der Waals surface area contributed by atoms with E-state index < -0.39 is 0 Å². The molecule has 0 rings (SSSR count). The number of nitrogens with one attached hydrogen (secondary N) is 1. The highest BCUT2D eigenvalue weighted by atomic mass is 16.2. The van der Waals surface area contributed by atoms with Gasteiger partial charge in [-0.3, -0.25) is 4.79 Å². The van der Waals surface area contributed by atoms with Crippen LogP contribution in [0.3, 0.4) is 0 Å². The molecule has 0 aromatic heterocycles.